The standard InChI is InChI=1S/C24H33BO6/c1-3-12-28-21-15-18(17-31-23-7-5-6-14-30-23)16-22(29-13-4-2)24(21)19-8-10-20(11-9-19)25(26)27/h8-11,15-16,23,26-27H,3-7,12-14,17H2,1-2H3. The fourth-order valence-corrected chi connectivity index (χ4v) is 3.52. The lowest BCUT2D eigenvalue weighted by atomic mass is 9.80. The minimum absolute atomic E-state index is 0.161. The van der Waals surface area contributed by atoms with Crippen LogP contribution in [0.25, 0.3) is 11.1 Å². The zero-order chi connectivity index (χ0) is 22.1. The molecule has 0 aliphatic carbocycles. The predicted molar refractivity (Wildman–Crippen MR) is 122 cm³/mol. The second-order valence-electron chi connectivity index (χ2n) is 7.77. The highest BCUT2D eigenvalue weighted by Crippen LogP contribution is 2.40. The van der Waals surface area contributed by atoms with Gasteiger partial charge in [-0.25, -0.2) is 0 Å². The van der Waals surface area contributed by atoms with Crippen LogP contribution in [0.2, 0.25) is 0 Å². The van der Waals surface area contributed by atoms with Crippen molar-refractivity contribution in [3.63, 3.8) is 0 Å². The molecule has 1 fully saturated rings. The van der Waals surface area contributed by atoms with Gasteiger partial charge in [-0.15, -0.1) is 0 Å². The number of hydrogen-bond donors (Lipinski definition) is 2. The van der Waals surface area contributed by atoms with Gasteiger partial charge < -0.3 is 29.0 Å². The van der Waals surface area contributed by atoms with Gasteiger partial charge in [0.15, 0.2) is 6.29 Å². The molecule has 0 saturated carbocycles. The molecule has 1 atom stereocenters. The largest absolute Gasteiger partial charge is 0.493 e. The minimum atomic E-state index is -1.50. The third-order valence-electron chi connectivity index (χ3n) is 5.12. The van der Waals surface area contributed by atoms with Gasteiger partial charge in [0.25, 0.3) is 0 Å². The Balaban J connectivity index is 1.93. The van der Waals surface area contributed by atoms with Crippen molar-refractivity contribution < 1.29 is 29.0 Å². The van der Waals surface area contributed by atoms with Crippen LogP contribution in [0.15, 0.2) is 36.4 Å². The smallest absolute Gasteiger partial charge is 0.488 e. The van der Waals surface area contributed by atoms with E-state index in [4.69, 9.17) is 18.9 Å². The minimum Gasteiger partial charge on any atom is -0.493 e. The fourth-order valence-electron chi connectivity index (χ4n) is 3.52. The summed E-state index contributed by atoms with van der Waals surface area (Å²) in [7, 11) is -1.50. The van der Waals surface area contributed by atoms with Gasteiger partial charge in [0.05, 0.1) is 25.4 Å². The number of rotatable bonds is 11. The summed E-state index contributed by atoms with van der Waals surface area (Å²) in [5, 5.41) is 18.8. The molecule has 0 bridgehead atoms. The van der Waals surface area contributed by atoms with E-state index in [9.17, 15) is 10.0 Å². The topological polar surface area (TPSA) is 77.4 Å². The van der Waals surface area contributed by atoms with Crippen LogP contribution in [0.3, 0.4) is 0 Å². The molecule has 6 nitrogen and oxygen atoms in total. The molecule has 31 heavy (non-hydrogen) atoms. The summed E-state index contributed by atoms with van der Waals surface area (Å²) >= 11 is 0. The van der Waals surface area contributed by atoms with E-state index >= 15 is 0 Å². The summed E-state index contributed by atoms with van der Waals surface area (Å²) in [5.74, 6) is 1.46. The maximum atomic E-state index is 9.41. The average Bonchev–Trinajstić information content (AvgIpc) is 2.80. The summed E-state index contributed by atoms with van der Waals surface area (Å²) in [5.41, 5.74) is 3.16. The fraction of sp³-hybridized carbons (Fsp3) is 0.500. The van der Waals surface area contributed by atoms with Crippen molar-refractivity contribution in [1.29, 1.82) is 0 Å². The van der Waals surface area contributed by atoms with E-state index in [0.29, 0.717) is 25.3 Å². The molecule has 0 amide bonds. The molecule has 0 spiro atoms. The number of hydrogen-bond acceptors (Lipinski definition) is 6. The highest BCUT2D eigenvalue weighted by atomic mass is 16.7. The zero-order valence-electron chi connectivity index (χ0n) is 18.5. The van der Waals surface area contributed by atoms with Gasteiger partial charge in [0.1, 0.15) is 11.5 Å². The molecule has 7 heteroatoms. The first kappa shape index (κ1) is 23.6. The molecule has 1 unspecified atom stereocenters. The Morgan fingerprint density at radius 3 is 2.13 bits per heavy atom. The SMILES string of the molecule is CCCOc1cc(COC2CCCCO2)cc(OCCC)c1-c1ccc(B(O)O)cc1. The number of benzene rings is 2. The van der Waals surface area contributed by atoms with Crippen molar-refractivity contribution in [2.75, 3.05) is 19.8 Å². The summed E-state index contributed by atoms with van der Waals surface area (Å²) < 4.78 is 23.9. The van der Waals surface area contributed by atoms with Crippen LogP contribution in [0.5, 0.6) is 11.5 Å². The molecule has 1 aliphatic rings. The molecule has 0 radical (unpaired) electrons. The summed E-state index contributed by atoms with van der Waals surface area (Å²) in [6.45, 7) is 6.48. The van der Waals surface area contributed by atoms with Crippen LogP contribution in [0.1, 0.15) is 51.5 Å². The van der Waals surface area contributed by atoms with Crippen molar-refractivity contribution in [2.24, 2.45) is 0 Å². The van der Waals surface area contributed by atoms with E-state index in [-0.39, 0.29) is 6.29 Å². The van der Waals surface area contributed by atoms with Crippen LogP contribution >= 0.6 is 0 Å². The molecule has 1 heterocycles. The zero-order valence-corrected chi connectivity index (χ0v) is 18.5. The summed E-state index contributed by atoms with van der Waals surface area (Å²) in [6.07, 6.45) is 4.74. The molecule has 2 aromatic carbocycles. The Bertz CT molecular complexity index is 773. The Morgan fingerprint density at radius 2 is 1.61 bits per heavy atom. The summed E-state index contributed by atoms with van der Waals surface area (Å²) in [6, 6.07) is 11.1. The lowest BCUT2D eigenvalue weighted by Crippen LogP contribution is -2.29. The lowest BCUT2D eigenvalue weighted by Gasteiger charge is -2.23. The molecule has 2 aromatic rings. The average molecular weight is 428 g/mol. The normalized spacial score (nSPS) is 16.2. The third-order valence-corrected chi connectivity index (χ3v) is 5.12. The van der Waals surface area contributed by atoms with Crippen LogP contribution in [-0.2, 0) is 16.1 Å². The van der Waals surface area contributed by atoms with Crippen molar-refractivity contribution in [2.45, 2.75) is 58.8 Å². The second-order valence-corrected chi connectivity index (χ2v) is 7.77. The molecule has 0 aromatic heterocycles. The highest BCUT2D eigenvalue weighted by molar-refractivity contribution is 6.58. The maximum absolute atomic E-state index is 9.41. The van der Waals surface area contributed by atoms with Gasteiger partial charge in [0, 0.05) is 6.61 Å². The molecule has 1 aliphatic heterocycles. The first-order valence-electron chi connectivity index (χ1n) is 11.2. The monoisotopic (exact) mass is 428 g/mol. The molecule has 1 saturated heterocycles. The lowest BCUT2D eigenvalue weighted by molar-refractivity contribution is -0.168. The molecule has 168 valence electrons. The van der Waals surface area contributed by atoms with E-state index in [1.54, 1.807) is 12.1 Å². The van der Waals surface area contributed by atoms with Gasteiger partial charge in [-0.05, 0) is 60.8 Å². The van der Waals surface area contributed by atoms with Gasteiger partial charge in [-0.1, -0.05) is 38.1 Å². The highest BCUT2D eigenvalue weighted by Gasteiger charge is 2.19. The first-order chi connectivity index (χ1) is 15.1. The van der Waals surface area contributed by atoms with Crippen molar-refractivity contribution in [3.8, 4) is 22.6 Å². The molecular weight excluding hydrogens is 395 g/mol. The van der Waals surface area contributed by atoms with Gasteiger partial charge >= 0.3 is 7.12 Å². The molecule has 3 rings (SSSR count). The summed E-state index contributed by atoms with van der Waals surface area (Å²) in [4.78, 5) is 0. The van der Waals surface area contributed by atoms with E-state index in [1.807, 2.05) is 24.3 Å². The Morgan fingerprint density at radius 1 is 0.968 bits per heavy atom. The molecule has 2 N–H and O–H groups in total. The predicted octanol–water partition coefficient (Wildman–Crippen LogP) is 3.65. The quantitative estimate of drug-likeness (QED) is 0.532. The first-order valence-corrected chi connectivity index (χ1v) is 11.2. The van der Waals surface area contributed by atoms with Crippen LogP contribution < -0.4 is 14.9 Å². The van der Waals surface area contributed by atoms with Crippen molar-refractivity contribution >= 4 is 12.6 Å². The van der Waals surface area contributed by atoms with Gasteiger partial charge in [-0.2, -0.15) is 0 Å². The van der Waals surface area contributed by atoms with E-state index in [0.717, 1.165) is 66.9 Å². The van der Waals surface area contributed by atoms with E-state index in [1.165, 1.54) is 0 Å². The van der Waals surface area contributed by atoms with Gasteiger partial charge in [0.2, 0.25) is 0 Å². The Labute approximate surface area is 185 Å². The van der Waals surface area contributed by atoms with Gasteiger partial charge in [-0.3, -0.25) is 0 Å². The maximum Gasteiger partial charge on any atom is 0.488 e. The van der Waals surface area contributed by atoms with Crippen LogP contribution in [0, 0.1) is 0 Å². The Hall–Kier alpha value is -2.06. The van der Waals surface area contributed by atoms with Crippen molar-refractivity contribution in [1.82, 2.24) is 0 Å². The third kappa shape index (κ3) is 6.71. The molecular formula is C24H33BO6. The van der Waals surface area contributed by atoms with E-state index in [2.05, 4.69) is 13.8 Å². The second kappa shape index (κ2) is 12.1. The number of ether oxygens (including phenoxy) is 4. The van der Waals surface area contributed by atoms with Crippen LogP contribution in [-0.4, -0.2) is 43.3 Å². The Kier molecular flexibility index (Phi) is 9.21. The van der Waals surface area contributed by atoms with E-state index < -0.39 is 7.12 Å². The van der Waals surface area contributed by atoms with Crippen molar-refractivity contribution in [3.05, 3.63) is 42.0 Å². The van der Waals surface area contributed by atoms with Crippen LogP contribution in [0.4, 0.5) is 0 Å².